The number of hydrogen-bond donors (Lipinski definition) is 2. The summed E-state index contributed by atoms with van der Waals surface area (Å²) in [5.41, 5.74) is 3.18. The van der Waals surface area contributed by atoms with Gasteiger partial charge in [-0.2, -0.15) is 5.01 Å². The van der Waals surface area contributed by atoms with E-state index in [1.807, 2.05) is 66.1 Å². The minimum Gasteiger partial charge on any atom is -0.485 e. The van der Waals surface area contributed by atoms with Crippen LogP contribution in [0.4, 0.5) is 4.79 Å². The van der Waals surface area contributed by atoms with Crippen LogP contribution in [0.5, 0.6) is 5.75 Å². The van der Waals surface area contributed by atoms with E-state index in [1.54, 1.807) is 13.8 Å². The molecule has 1 aliphatic heterocycles. The molecular formula is C24H26N6O4S. The Kier molecular flexibility index (Phi) is 7.06. The van der Waals surface area contributed by atoms with Gasteiger partial charge in [-0.15, -0.1) is 10.2 Å². The topological polar surface area (TPSA) is 118 Å². The van der Waals surface area contributed by atoms with E-state index >= 15 is 0 Å². The molecule has 0 saturated carbocycles. The third kappa shape index (κ3) is 5.14. The first-order valence-electron chi connectivity index (χ1n) is 11.1. The summed E-state index contributed by atoms with van der Waals surface area (Å²) in [6, 6.07) is 16.5. The second-order valence-corrected chi connectivity index (χ2v) is 9.15. The van der Waals surface area contributed by atoms with Crippen LogP contribution < -0.4 is 15.5 Å². The van der Waals surface area contributed by atoms with Gasteiger partial charge in [0, 0.05) is 5.69 Å². The number of nitrogens with zero attached hydrogens (tertiary/aromatic N) is 4. The average Bonchev–Trinajstić information content (AvgIpc) is 3.36. The van der Waals surface area contributed by atoms with Gasteiger partial charge >= 0.3 is 6.03 Å². The fraction of sp³-hybridized carbons (Fsp3) is 0.292. The molecule has 0 spiro atoms. The summed E-state index contributed by atoms with van der Waals surface area (Å²) in [5, 5.41) is 12.3. The van der Waals surface area contributed by atoms with Gasteiger partial charge in [0.25, 0.3) is 5.91 Å². The van der Waals surface area contributed by atoms with Gasteiger partial charge in [-0.3, -0.25) is 19.6 Å². The first-order chi connectivity index (χ1) is 16.8. The Morgan fingerprint density at radius 3 is 2.51 bits per heavy atom. The summed E-state index contributed by atoms with van der Waals surface area (Å²) in [6.07, 6.45) is 0.409. The molecule has 11 heteroatoms. The molecule has 182 valence electrons. The number of carbonyl (C=O) groups excluding carboxylic acids is 3. The molecule has 2 N–H and O–H groups in total. The van der Waals surface area contributed by atoms with Gasteiger partial charge in [-0.25, -0.2) is 4.79 Å². The molecule has 2 heterocycles. The second-order valence-electron chi connectivity index (χ2n) is 8.20. The number of imide groups is 1. The maximum absolute atomic E-state index is 12.6. The molecule has 3 aromatic rings. The Hall–Kier alpha value is -3.86. The van der Waals surface area contributed by atoms with Crippen LogP contribution in [0, 0.1) is 6.92 Å². The minimum atomic E-state index is -1.03. The highest BCUT2D eigenvalue weighted by Crippen LogP contribution is 2.24. The van der Waals surface area contributed by atoms with Gasteiger partial charge in [0.1, 0.15) is 17.9 Å². The van der Waals surface area contributed by atoms with E-state index < -0.39 is 23.4 Å². The first-order valence-corrected chi connectivity index (χ1v) is 12.1. The maximum atomic E-state index is 12.6. The van der Waals surface area contributed by atoms with E-state index in [-0.39, 0.29) is 12.4 Å². The van der Waals surface area contributed by atoms with Crippen molar-refractivity contribution < 1.29 is 19.1 Å². The summed E-state index contributed by atoms with van der Waals surface area (Å²) < 4.78 is 7.78. The lowest BCUT2D eigenvalue weighted by Crippen LogP contribution is -2.49. The average molecular weight is 495 g/mol. The lowest BCUT2D eigenvalue weighted by molar-refractivity contribution is -0.137. The highest BCUT2D eigenvalue weighted by Gasteiger charge is 2.47. The number of rotatable bonds is 9. The zero-order chi connectivity index (χ0) is 25.0. The number of urea groups is 1. The number of hydrazine groups is 1. The van der Waals surface area contributed by atoms with Crippen molar-refractivity contribution in [3.05, 3.63) is 66.0 Å². The fourth-order valence-electron chi connectivity index (χ4n) is 3.50. The number of aromatic nitrogens is 3. The van der Waals surface area contributed by atoms with E-state index in [0.717, 1.165) is 33.8 Å². The van der Waals surface area contributed by atoms with Gasteiger partial charge < -0.3 is 10.1 Å². The number of nitrogens with one attached hydrogen (secondary N) is 2. The molecule has 1 aliphatic rings. The molecule has 0 radical (unpaired) electrons. The second kappa shape index (κ2) is 10.2. The molecule has 1 atom stereocenters. The minimum absolute atomic E-state index is 0.0798. The van der Waals surface area contributed by atoms with Crippen LogP contribution in [0.15, 0.2) is 59.8 Å². The van der Waals surface area contributed by atoms with Crippen LogP contribution >= 0.6 is 11.8 Å². The van der Waals surface area contributed by atoms with Crippen LogP contribution in [0.2, 0.25) is 0 Å². The zero-order valence-electron chi connectivity index (χ0n) is 19.6. The number of para-hydroxylation sites is 2. The van der Waals surface area contributed by atoms with Gasteiger partial charge in [0.15, 0.2) is 11.0 Å². The predicted molar refractivity (Wildman–Crippen MR) is 130 cm³/mol. The van der Waals surface area contributed by atoms with Gasteiger partial charge in [-0.05, 0) is 44.0 Å². The van der Waals surface area contributed by atoms with Crippen LogP contribution in [0.1, 0.15) is 31.7 Å². The number of hydrogen-bond acceptors (Lipinski definition) is 7. The van der Waals surface area contributed by atoms with Crippen molar-refractivity contribution in [1.82, 2.24) is 30.5 Å². The predicted octanol–water partition coefficient (Wildman–Crippen LogP) is 3.00. The zero-order valence-corrected chi connectivity index (χ0v) is 20.5. The van der Waals surface area contributed by atoms with Crippen molar-refractivity contribution in [2.75, 3.05) is 5.75 Å². The molecule has 35 heavy (non-hydrogen) atoms. The summed E-state index contributed by atoms with van der Waals surface area (Å²) in [5.74, 6) is 0.223. The molecule has 1 fully saturated rings. The van der Waals surface area contributed by atoms with Crippen molar-refractivity contribution in [3.8, 4) is 11.4 Å². The van der Waals surface area contributed by atoms with Crippen molar-refractivity contribution in [3.63, 3.8) is 0 Å². The summed E-state index contributed by atoms with van der Waals surface area (Å²) >= 11 is 1.14. The molecule has 4 rings (SSSR count). The van der Waals surface area contributed by atoms with Crippen LogP contribution in [-0.2, 0) is 16.2 Å². The summed E-state index contributed by atoms with van der Waals surface area (Å²) in [7, 11) is 0. The Balaban J connectivity index is 1.48. The number of amides is 4. The van der Waals surface area contributed by atoms with Crippen molar-refractivity contribution in [2.45, 2.75) is 44.5 Å². The monoisotopic (exact) mass is 494 g/mol. The van der Waals surface area contributed by atoms with Crippen LogP contribution in [0.3, 0.4) is 0 Å². The molecule has 0 bridgehead atoms. The van der Waals surface area contributed by atoms with Crippen molar-refractivity contribution in [2.24, 2.45) is 0 Å². The molecular weight excluding hydrogens is 468 g/mol. The highest BCUT2D eigenvalue weighted by atomic mass is 32.2. The quantitative estimate of drug-likeness (QED) is 0.347. The van der Waals surface area contributed by atoms with E-state index in [0.29, 0.717) is 17.4 Å². The number of thioether (sulfide) groups is 1. The number of carbonyl (C=O) groups is 3. The highest BCUT2D eigenvalue weighted by molar-refractivity contribution is 7.99. The Morgan fingerprint density at radius 1 is 1.11 bits per heavy atom. The molecule has 10 nitrogen and oxygen atoms in total. The largest absolute Gasteiger partial charge is 0.485 e. The smallest absolute Gasteiger partial charge is 0.344 e. The molecule has 1 saturated heterocycles. The van der Waals surface area contributed by atoms with Crippen molar-refractivity contribution in [1.29, 1.82) is 0 Å². The number of aryl methyl sites for hydroxylation is 1. The number of ether oxygens (including phenoxy) is 1. The Morgan fingerprint density at radius 2 is 1.83 bits per heavy atom. The third-order valence-electron chi connectivity index (χ3n) is 5.70. The van der Waals surface area contributed by atoms with Crippen molar-refractivity contribution >= 4 is 29.6 Å². The lowest BCUT2D eigenvalue weighted by atomic mass is 10.00. The van der Waals surface area contributed by atoms with E-state index in [1.165, 1.54) is 0 Å². The van der Waals surface area contributed by atoms with E-state index in [9.17, 15) is 14.4 Å². The summed E-state index contributed by atoms with van der Waals surface area (Å²) in [4.78, 5) is 37.2. The van der Waals surface area contributed by atoms with E-state index in [4.69, 9.17) is 4.74 Å². The fourth-order valence-corrected chi connectivity index (χ4v) is 4.26. The first kappa shape index (κ1) is 24.3. The SMILES string of the molecule is CC[C@@]1(C)NC(=O)N(NC(=O)CSc2nnc(COc3ccccc3C)n2-c2ccccc2)C1=O. The Bertz CT molecular complexity index is 1250. The Labute approximate surface area is 207 Å². The van der Waals surface area contributed by atoms with Gasteiger partial charge in [-0.1, -0.05) is 55.1 Å². The normalized spacial score (nSPS) is 17.4. The molecule has 2 aromatic carbocycles. The maximum Gasteiger partial charge on any atom is 0.344 e. The van der Waals surface area contributed by atoms with Crippen LogP contribution in [0.25, 0.3) is 5.69 Å². The summed E-state index contributed by atoms with van der Waals surface area (Å²) in [6.45, 7) is 5.55. The lowest BCUT2D eigenvalue weighted by Gasteiger charge is -2.19. The standard InChI is InChI=1S/C24H26N6O4S/c1-4-24(3)21(32)30(22(33)25-24)28-20(31)15-35-23-27-26-19(29(23)17-11-6-5-7-12-17)14-34-18-13-9-8-10-16(18)2/h5-13H,4,14-15H2,1-3H3,(H,25,33)(H,28,31)/t24-/m1/s1. The molecule has 4 amide bonds. The van der Waals surface area contributed by atoms with E-state index in [2.05, 4.69) is 20.9 Å². The molecule has 0 unspecified atom stereocenters. The molecule has 0 aliphatic carbocycles. The van der Waals surface area contributed by atoms with Gasteiger partial charge in [0.05, 0.1) is 5.75 Å². The number of benzene rings is 2. The van der Waals surface area contributed by atoms with Crippen LogP contribution in [-0.4, -0.2) is 48.9 Å². The third-order valence-corrected chi connectivity index (χ3v) is 6.63. The molecule has 1 aromatic heterocycles. The van der Waals surface area contributed by atoms with Gasteiger partial charge in [0.2, 0.25) is 5.91 Å².